The van der Waals surface area contributed by atoms with Crippen molar-refractivity contribution in [2.45, 2.75) is 19.5 Å². The summed E-state index contributed by atoms with van der Waals surface area (Å²) in [6.45, 7) is 1.35. The number of aliphatic hydroxyl groups is 1. The van der Waals surface area contributed by atoms with Crippen LogP contribution in [-0.4, -0.2) is 53.2 Å². The smallest absolute Gasteiger partial charge is 0.266 e. The van der Waals surface area contributed by atoms with Crippen molar-refractivity contribution >= 4 is 34.4 Å². The van der Waals surface area contributed by atoms with E-state index in [4.69, 9.17) is 9.94 Å². The predicted molar refractivity (Wildman–Crippen MR) is 96.2 cm³/mol. The van der Waals surface area contributed by atoms with Gasteiger partial charge >= 0.3 is 0 Å². The molecule has 136 valence electrons. The van der Waals surface area contributed by atoms with Crippen molar-refractivity contribution in [3.8, 4) is 0 Å². The number of carbonyl (C=O) groups excluding carboxylic acids is 2. The summed E-state index contributed by atoms with van der Waals surface area (Å²) >= 11 is 2.01. The molecule has 2 N–H and O–H groups in total. The predicted octanol–water partition coefficient (Wildman–Crippen LogP) is 0.974. The number of rotatable bonds is 6. The first-order valence-corrected chi connectivity index (χ1v) is 8.62. The molecule has 1 aromatic carbocycles. The number of amides is 2. The van der Waals surface area contributed by atoms with E-state index in [1.54, 1.807) is 19.1 Å². The Morgan fingerprint density at radius 2 is 2.20 bits per heavy atom. The molecule has 0 bridgehead atoms. The number of hydrogen-bond acceptors (Lipinski definition) is 5. The Morgan fingerprint density at radius 1 is 1.48 bits per heavy atom. The molecule has 1 unspecified atom stereocenters. The molecule has 1 aliphatic rings. The number of benzene rings is 1. The van der Waals surface area contributed by atoms with Crippen LogP contribution in [-0.2, 0) is 21.0 Å². The average Bonchev–Trinajstić information content (AvgIpc) is 2.57. The van der Waals surface area contributed by atoms with Gasteiger partial charge in [0.05, 0.1) is 13.2 Å². The average molecular weight is 463 g/mol. The Balaban J connectivity index is 2.26. The fourth-order valence-corrected chi connectivity index (χ4v) is 2.87. The van der Waals surface area contributed by atoms with Crippen LogP contribution in [0.25, 0.3) is 0 Å². The first-order valence-electron chi connectivity index (χ1n) is 7.54. The minimum atomic E-state index is -0.847. The molecule has 9 heteroatoms. The second kappa shape index (κ2) is 8.70. The molecule has 1 aromatic rings. The Bertz CT molecular complexity index is 698. The zero-order chi connectivity index (χ0) is 18.6. The van der Waals surface area contributed by atoms with Crippen LogP contribution in [0.15, 0.2) is 29.8 Å². The highest BCUT2D eigenvalue weighted by Gasteiger charge is 2.35. The summed E-state index contributed by atoms with van der Waals surface area (Å²) in [6, 6.07) is 3.92. The molecule has 0 saturated carbocycles. The topological polar surface area (TPSA) is 82.1 Å². The zero-order valence-electron chi connectivity index (χ0n) is 13.8. The fraction of sp³-hybridized carbons (Fsp3) is 0.375. The fourth-order valence-electron chi connectivity index (χ4n) is 2.42. The highest BCUT2D eigenvalue weighted by Crippen LogP contribution is 2.22. The highest BCUT2D eigenvalue weighted by molar-refractivity contribution is 14.1. The number of halogens is 2. The lowest BCUT2D eigenvalue weighted by molar-refractivity contribution is -0.157. The number of hydrogen-bond donors (Lipinski definition) is 2. The lowest BCUT2D eigenvalue weighted by Gasteiger charge is -2.39. The third kappa shape index (κ3) is 4.75. The molecule has 1 aliphatic heterocycles. The largest absolute Gasteiger partial charge is 0.394 e. The lowest BCUT2D eigenvalue weighted by Crippen LogP contribution is -2.57. The van der Waals surface area contributed by atoms with Crippen molar-refractivity contribution in [1.29, 1.82) is 0 Å². The SMILES string of the molecule is CC1=CC(C(=O)NOCCO)N(Cc2ccc(I)cc2F)N(C)C1=O. The van der Waals surface area contributed by atoms with Gasteiger partial charge in [0, 0.05) is 28.3 Å². The molecule has 0 saturated heterocycles. The lowest BCUT2D eigenvalue weighted by atomic mass is 10.1. The molecule has 7 nitrogen and oxygen atoms in total. The normalized spacial score (nSPS) is 18.3. The van der Waals surface area contributed by atoms with E-state index in [1.807, 2.05) is 22.6 Å². The van der Waals surface area contributed by atoms with Crippen LogP contribution in [0.5, 0.6) is 0 Å². The van der Waals surface area contributed by atoms with Crippen LogP contribution < -0.4 is 5.48 Å². The number of aliphatic hydroxyl groups excluding tert-OH is 1. The number of likely N-dealkylation sites (N-methyl/N-ethyl adjacent to an activating group) is 1. The molecule has 1 heterocycles. The number of hydrazine groups is 1. The van der Waals surface area contributed by atoms with Gasteiger partial charge in [0.25, 0.3) is 11.8 Å². The molecule has 0 fully saturated rings. The third-order valence-electron chi connectivity index (χ3n) is 3.73. The minimum absolute atomic E-state index is 0.0346. The van der Waals surface area contributed by atoms with Crippen molar-refractivity contribution in [2.24, 2.45) is 0 Å². The maximum atomic E-state index is 14.2. The van der Waals surface area contributed by atoms with Crippen LogP contribution in [0, 0.1) is 9.39 Å². The van der Waals surface area contributed by atoms with E-state index in [2.05, 4.69) is 5.48 Å². The highest BCUT2D eigenvalue weighted by atomic mass is 127. The van der Waals surface area contributed by atoms with E-state index in [0.29, 0.717) is 11.1 Å². The van der Waals surface area contributed by atoms with Gasteiger partial charge in [-0.05, 0) is 47.7 Å². The quantitative estimate of drug-likeness (QED) is 0.374. The summed E-state index contributed by atoms with van der Waals surface area (Å²) in [4.78, 5) is 29.4. The summed E-state index contributed by atoms with van der Waals surface area (Å²) in [6.07, 6.45) is 1.50. The van der Waals surface area contributed by atoms with E-state index in [-0.39, 0.29) is 25.7 Å². The van der Waals surface area contributed by atoms with Gasteiger partial charge in [0.1, 0.15) is 11.9 Å². The van der Waals surface area contributed by atoms with Crippen LogP contribution in [0.3, 0.4) is 0 Å². The number of nitrogens with zero attached hydrogens (tertiary/aromatic N) is 2. The van der Waals surface area contributed by atoms with Gasteiger partial charge in [-0.15, -0.1) is 0 Å². The summed E-state index contributed by atoms with van der Waals surface area (Å²) in [5, 5.41) is 11.5. The maximum Gasteiger partial charge on any atom is 0.266 e. The summed E-state index contributed by atoms with van der Waals surface area (Å²) in [5.41, 5.74) is 3.00. The van der Waals surface area contributed by atoms with Crippen LogP contribution in [0.2, 0.25) is 0 Å². The Hall–Kier alpha value is -1.56. The molecule has 1 atom stereocenters. The molecule has 0 spiro atoms. The Labute approximate surface area is 158 Å². The van der Waals surface area contributed by atoms with Gasteiger partial charge < -0.3 is 5.11 Å². The molecule has 0 aromatic heterocycles. The van der Waals surface area contributed by atoms with Crippen LogP contribution >= 0.6 is 22.6 Å². The second-order valence-electron chi connectivity index (χ2n) is 5.49. The van der Waals surface area contributed by atoms with Crippen LogP contribution in [0.1, 0.15) is 12.5 Å². The number of nitrogens with one attached hydrogen (secondary N) is 1. The molecular formula is C16H19FIN3O4. The molecule has 25 heavy (non-hydrogen) atoms. The summed E-state index contributed by atoms with van der Waals surface area (Å²) in [7, 11) is 1.53. The van der Waals surface area contributed by atoms with Crippen molar-refractivity contribution in [3.05, 3.63) is 44.8 Å². The number of hydroxylamine groups is 1. The zero-order valence-corrected chi connectivity index (χ0v) is 16.0. The Kier molecular flexibility index (Phi) is 6.87. The van der Waals surface area contributed by atoms with Gasteiger partial charge in [-0.25, -0.2) is 9.87 Å². The van der Waals surface area contributed by atoms with Crippen molar-refractivity contribution < 1.29 is 23.9 Å². The van der Waals surface area contributed by atoms with Crippen molar-refractivity contribution in [3.63, 3.8) is 0 Å². The van der Waals surface area contributed by atoms with E-state index < -0.39 is 17.8 Å². The molecule has 0 aliphatic carbocycles. The van der Waals surface area contributed by atoms with E-state index in [0.717, 1.165) is 3.57 Å². The maximum absolute atomic E-state index is 14.2. The van der Waals surface area contributed by atoms with Gasteiger partial charge in [0.2, 0.25) is 0 Å². The first-order chi connectivity index (χ1) is 11.8. The monoisotopic (exact) mass is 463 g/mol. The third-order valence-corrected chi connectivity index (χ3v) is 4.40. The van der Waals surface area contributed by atoms with Gasteiger partial charge in [-0.1, -0.05) is 6.07 Å². The first kappa shape index (κ1) is 19.8. The number of carbonyl (C=O) groups is 2. The molecule has 2 rings (SSSR count). The van der Waals surface area contributed by atoms with E-state index in [1.165, 1.54) is 29.2 Å². The molecular weight excluding hydrogens is 444 g/mol. The standard InChI is InChI=1S/C16H19FIN3O4/c1-10-7-14(15(23)19-25-6-5-22)21(20(2)16(10)24)9-11-3-4-12(18)8-13(11)17/h3-4,7-8,14,22H,5-6,9H2,1-2H3,(H,19,23). The van der Waals surface area contributed by atoms with Crippen molar-refractivity contribution in [1.82, 2.24) is 15.5 Å². The van der Waals surface area contributed by atoms with Gasteiger partial charge in [0.15, 0.2) is 0 Å². The van der Waals surface area contributed by atoms with E-state index in [9.17, 15) is 14.0 Å². The van der Waals surface area contributed by atoms with E-state index >= 15 is 0 Å². The van der Waals surface area contributed by atoms with Gasteiger partial charge in [-0.3, -0.25) is 19.4 Å². The molecule has 2 amide bonds. The van der Waals surface area contributed by atoms with Crippen molar-refractivity contribution in [2.75, 3.05) is 20.3 Å². The minimum Gasteiger partial charge on any atom is -0.394 e. The molecule has 0 radical (unpaired) electrons. The Morgan fingerprint density at radius 3 is 2.84 bits per heavy atom. The second-order valence-corrected chi connectivity index (χ2v) is 6.74. The van der Waals surface area contributed by atoms with Gasteiger partial charge in [-0.2, -0.15) is 5.01 Å². The van der Waals surface area contributed by atoms with Crippen LogP contribution in [0.4, 0.5) is 4.39 Å². The summed E-state index contributed by atoms with van der Waals surface area (Å²) < 4.78 is 14.9. The summed E-state index contributed by atoms with van der Waals surface area (Å²) in [5.74, 6) is -1.20.